The van der Waals surface area contributed by atoms with Crippen LogP contribution in [0.3, 0.4) is 0 Å². The van der Waals surface area contributed by atoms with Gasteiger partial charge in [0.05, 0.1) is 12.2 Å². The summed E-state index contributed by atoms with van der Waals surface area (Å²) in [6.07, 6.45) is 3.59. The van der Waals surface area contributed by atoms with E-state index in [4.69, 9.17) is 0 Å². The van der Waals surface area contributed by atoms with Gasteiger partial charge in [-0.25, -0.2) is 0 Å². The molecule has 3 aromatic heterocycles. The number of nitrogens with one attached hydrogen (secondary N) is 2. The first-order valence-electron chi connectivity index (χ1n) is 9.31. The third kappa shape index (κ3) is 3.74. The molecular formula is C22H23N5S. The Morgan fingerprint density at radius 2 is 2.00 bits per heavy atom. The monoisotopic (exact) mass is 389 g/mol. The highest BCUT2D eigenvalue weighted by molar-refractivity contribution is 7.10. The van der Waals surface area contributed by atoms with Crippen molar-refractivity contribution in [3.05, 3.63) is 70.3 Å². The van der Waals surface area contributed by atoms with Crippen molar-refractivity contribution in [2.24, 2.45) is 0 Å². The molecule has 142 valence electrons. The summed E-state index contributed by atoms with van der Waals surface area (Å²) in [5, 5.41) is 19.5. The fraction of sp³-hybridized carbons (Fsp3) is 0.227. The summed E-state index contributed by atoms with van der Waals surface area (Å²) < 4.78 is 0. The number of hydrogen-bond donors (Lipinski definition) is 2. The second-order valence-electron chi connectivity index (χ2n) is 6.90. The Balaban J connectivity index is 1.61. The molecule has 0 amide bonds. The molecule has 0 bridgehead atoms. The van der Waals surface area contributed by atoms with Crippen LogP contribution in [0.5, 0.6) is 0 Å². The highest BCUT2D eigenvalue weighted by Gasteiger charge is 2.14. The van der Waals surface area contributed by atoms with E-state index in [9.17, 15) is 0 Å². The van der Waals surface area contributed by atoms with Crippen molar-refractivity contribution < 1.29 is 0 Å². The highest BCUT2D eigenvalue weighted by Crippen LogP contribution is 2.33. The average Bonchev–Trinajstić information content (AvgIpc) is 3.19. The van der Waals surface area contributed by atoms with Crippen LogP contribution in [0.25, 0.3) is 21.9 Å². The number of aryl methyl sites for hydroxylation is 1. The summed E-state index contributed by atoms with van der Waals surface area (Å²) in [5.74, 6) is 0.793. The van der Waals surface area contributed by atoms with Gasteiger partial charge in [0.2, 0.25) is 0 Å². The molecule has 0 aliphatic carbocycles. The summed E-state index contributed by atoms with van der Waals surface area (Å²) in [4.78, 5) is 5.61. The fourth-order valence-corrected chi connectivity index (χ4v) is 4.25. The summed E-state index contributed by atoms with van der Waals surface area (Å²) >= 11 is 1.76. The molecule has 0 fully saturated rings. The Hall–Kier alpha value is -2.83. The van der Waals surface area contributed by atoms with Gasteiger partial charge >= 0.3 is 0 Å². The van der Waals surface area contributed by atoms with Crippen LogP contribution in [0.1, 0.15) is 29.1 Å². The van der Waals surface area contributed by atoms with Gasteiger partial charge in [-0.3, -0.25) is 4.98 Å². The van der Waals surface area contributed by atoms with Gasteiger partial charge in [0.15, 0.2) is 5.82 Å². The SMILES string of the molecule is CNCc1ccccc1-c1csc([C@@H](C)Nc2nncc3cnc(C)cc23)c1. The number of aromatic nitrogens is 3. The fourth-order valence-electron chi connectivity index (χ4n) is 3.33. The van der Waals surface area contributed by atoms with Crippen LogP contribution >= 0.6 is 11.3 Å². The van der Waals surface area contributed by atoms with Crippen molar-refractivity contribution in [3.63, 3.8) is 0 Å². The molecule has 0 saturated heterocycles. The van der Waals surface area contributed by atoms with E-state index in [1.54, 1.807) is 17.5 Å². The van der Waals surface area contributed by atoms with Crippen molar-refractivity contribution >= 4 is 27.9 Å². The van der Waals surface area contributed by atoms with E-state index < -0.39 is 0 Å². The summed E-state index contributed by atoms with van der Waals surface area (Å²) in [7, 11) is 1.98. The van der Waals surface area contributed by atoms with Gasteiger partial charge < -0.3 is 10.6 Å². The second kappa shape index (κ2) is 8.04. The number of nitrogens with zero attached hydrogens (tertiary/aromatic N) is 3. The lowest BCUT2D eigenvalue weighted by atomic mass is 10.0. The zero-order chi connectivity index (χ0) is 19.5. The molecule has 0 spiro atoms. The van der Waals surface area contributed by atoms with Gasteiger partial charge in [-0.05, 0) is 55.1 Å². The minimum absolute atomic E-state index is 0.128. The minimum atomic E-state index is 0.128. The number of pyridine rings is 1. The third-order valence-corrected chi connectivity index (χ3v) is 5.89. The Morgan fingerprint density at radius 3 is 2.86 bits per heavy atom. The van der Waals surface area contributed by atoms with Crippen LogP contribution in [0.2, 0.25) is 0 Å². The largest absolute Gasteiger partial charge is 0.361 e. The normalized spacial score (nSPS) is 12.2. The summed E-state index contributed by atoms with van der Waals surface area (Å²) in [5.41, 5.74) is 4.80. The van der Waals surface area contributed by atoms with Crippen LogP contribution < -0.4 is 10.6 Å². The molecule has 4 aromatic rings. The number of hydrogen-bond acceptors (Lipinski definition) is 6. The van der Waals surface area contributed by atoms with Gasteiger partial charge in [0, 0.05) is 34.1 Å². The maximum absolute atomic E-state index is 4.35. The molecule has 0 unspecified atom stereocenters. The molecule has 0 radical (unpaired) electrons. The molecule has 3 heterocycles. The number of thiophene rings is 1. The third-order valence-electron chi connectivity index (χ3n) is 4.78. The molecule has 6 heteroatoms. The van der Waals surface area contributed by atoms with Crippen LogP contribution in [-0.4, -0.2) is 22.2 Å². The topological polar surface area (TPSA) is 62.7 Å². The first-order valence-corrected chi connectivity index (χ1v) is 10.2. The van der Waals surface area contributed by atoms with Crippen molar-refractivity contribution in [1.29, 1.82) is 0 Å². The predicted molar refractivity (Wildman–Crippen MR) is 117 cm³/mol. The number of rotatable bonds is 6. The zero-order valence-corrected chi connectivity index (χ0v) is 17.0. The molecule has 1 atom stereocenters. The van der Waals surface area contributed by atoms with E-state index in [-0.39, 0.29) is 6.04 Å². The van der Waals surface area contributed by atoms with Gasteiger partial charge in [-0.1, -0.05) is 24.3 Å². The van der Waals surface area contributed by atoms with E-state index in [0.717, 1.165) is 28.8 Å². The van der Waals surface area contributed by atoms with Gasteiger partial charge in [0.1, 0.15) is 0 Å². The second-order valence-corrected chi connectivity index (χ2v) is 7.84. The number of benzene rings is 1. The first-order chi connectivity index (χ1) is 13.7. The Kier molecular flexibility index (Phi) is 5.32. The van der Waals surface area contributed by atoms with E-state index in [2.05, 4.69) is 68.5 Å². The lowest BCUT2D eigenvalue weighted by molar-refractivity contribution is 0.819. The van der Waals surface area contributed by atoms with Crippen molar-refractivity contribution in [2.75, 3.05) is 12.4 Å². The Labute approximate surface area is 168 Å². The maximum atomic E-state index is 4.35. The molecule has 4 rings (SSSR count). The first kappa shape index (κ1) is 18.5. The molecule has 0 saturated carbocycles. The lowest BCUT2D eigenvalue weighted by Gasteiger charge is -2.14. The van der Waals surface area contributed by atoms with Crippen LogP contribution in [0, 0.1) is 6.92 Å². The van der Waals surface area contributed by atoms with Crippen molar-refractivity contribution in [1.82, 2.24) is 20.5 Å². The van der Waals surface area contributed by atoms with Crippen molar-refractivity contribution in [2.45, 2.75) is 26.4 Å². The Morgan fingerprint density at radius 1 is 1.14 bits per heavy atom. The van der Waals surface area contributed by atoms with Gasteiger partial charge in [-0.2, -0.15) is 5.10 Å². The van der Waals surface area contributed by atoms with E-state index in [1.165, 1.54) is 21.6 Å². The average molecular weight is 390 g/mol. The lowest BCUT2D eigenvalue weighted by Crippen LogP contribution is -2.08. The van der Waals surface area contributed by atoms with Gasteiger partial charge in [-0.15, -0.1) is 16.4 Å². The zero-order valence-electron chi connectivity index (χ0n) is 16.2. The Bertz CT molecular complexity index is 1100. The predicted octanol–water partition coefficient (Wildman–Crippen LogP) is 4.95. The van der Waals surface area contributed by atoms with Crippen LogP contribution in [0.4, 0.5) is 5.82 Å². The molecule has 1 aromatic carbocycles. The highest BCUT2D eigenvalue weighted by atomic mass is 32.1. The molecule has 0 aliphatic heterocycles. The van der Waals surface area contributed by atoms with E-state index in [0.29, 0.717) is 0 Å². The number of fused-ring (bicyclic) bond motifs is 1. The van der Waals surface area contributed by atoms with E-state index in [1.807, 2.05) is 26.2 Å². The molecule has 5 nitrogen and oxygen atoms in total. The maximum Gasteiger partial charge on any atom is 0.157 e. The van der Waals surface area contributed by atoms with Crippen molar-refractivity contribution in [3.8, 4) is 11.1 Å². The smallest absolute Gasteiger partial charge is 0.157 e. The van der Waals surface area contributed by atoms with Crippen LogP contribution in [-0.2, 0) is 6.54 Å². The molecule has 2 N–H and O–H groups in total. The summed E-state index contributed by atoms with van der Waals surface area (Å²) in [6, 6.07) is 13.0. The molecular weight excluding hydrogens is 366 g/mol. The molecule has 0 aliphatic rings. The van der Waals surface area contributed by atoms with Crippen LogP contribution in [0.15, 0.2) is 54.2 Å². The summed E-state index contributed by atoms with van der Waals surface area (Å²) in [6.45, 7) is 5.00. The number of anilines is 1. The minimum Gasteiger partial charge on any atom is -0.361 e. The van der Waals surface area contributed by atoms with Gasteiger partial charge in [0.25, 0.3) is 0 Å². The standard InChI is InChI=1S/C22H23N5S/c1-14-8-20-18(11-24-14)12-25-27-22(20)26-15(2)21-9-17(13-28-21)19-7-5-4-6-16(19)10-23-3/h4-9,11-13,15,23H,10H2,1-3H3,(H,26,27)/t15-/m1/s1. The quantitative estimate of drug-likeness (QED) is 0.488. The van der Waals surface area contributed by atoms with E-state index >= 15 is 0 Å². The molecule has 28 heavy (non-hydrogen) atoms.